The Labute approximate surface area is 186 Å². The Bertz CT molecular complexity index is 1170. The van der Waals surface area contributed by atoms with Gasteiger partial charge in [0.1, 0.15) is 5.82 Å². The fraction of sp³-hybridized carbons (Fsp3) is 0.174. The summed E-state index contributed by atoms with van der Waals surface area (Å²) in [7, 11) is -3.77. The zero-order valence-electron chi connectivity index (χ0n) is 17.0. The third kappa shape index (κ3) is 6.92. The first-order valence-corrected chi connectivity index (χ1v) is 12.1. The second kappa shape index (κ2) is 10.6. The number of nitrogens with one attached hydrogen (secondary N) is 2. The smallest absolute Gasteiger partial charge is 0.240 e. The molecule has 0 atom stereocenters. The zero-order valence-corrected chi connectivity index (χ0v) is 18.6. The van der Waals surface area contributed by atoms with Gasteiger partial charge in [0.25, 0.3) is 0 Å². The third-order valence-corrected chi connectivity index (χ3v) is 7.08. The molecule has 0 aliphatic heterocycles. The topological polar surface area (TPSA) is 75.3 Å². The number of aryl methyl sites for hydroxylation is 1. The summed E-state index contributed by atoms with van der Waals surface area (Å²) in [5, 5.41) is 2.81. The average Bonchev–Trinajstić information content (AvgIpc) is 2.76. The summed E-state index contributed by atoms with van der Waals surface area (Å²) in [6, 6.07) is 20.0. The molecule has 3 aromatic rings. The maximum absolute atomic E-state index is 13.3. The number of carbonyl (C=O) groups excluding carboxylic acids is 1. The Morgan fingerprint density at radius 2 is 1.65 bits per heavy atom. The van der Waals surface area contributed by atoms with Crippen LogP contribution in [0.1, 0.15) is 16.7 Å². The molecule has 3 aromatic carbocycles. The van der Waals surface area contributed by atoms with E-state index >= 15 is 0 Å². The molecule has 0 fully saturated rings. The summed E-state index contributed by atoms with van der Waals surface area (Å²) in [5.74, 6) is -0.279. The fourth-order valence-corrected chi connectivity index (χ4v) is 4.79. The molecular formula is C23H23FN2O3S2. The molecule has 3 rings (SSSR count). The highest BCUT2D eigenvalue weighted by Crippen LogP contribution is 2.21. The molecule has 8 heteroatoms. The molecule has 0 radical (unpaired) electrons. The quantitative estimate of drug-likeness (QED) is 0.475. The Morgan fingerprint density at radius 1 is 0.935 bits per heavy atom. The number of hydrogen-bond donors (Lipinski definition) is 2. The van der Waals surface area contributed by atoms with Crippen LogP contribution in [0.5, 0.6) is 0 Å². The van der Waals surface area contributed by atoms with Crippen molar-refractivity contribution >= 4 is 27.7 Å². The normalized spacial score (nSPS) is 11.3. The predicted molar refractivity (Wildman–Crippen MR) is 121 cm³/mol. The van der Waals surface area contributed by atoms with Crippen LogP contribution in [0.3, 0.4) is 0 Å². The summed E-state index contributed by atoms with van der Waals surface area (Å²) >= 11 is 1.46. The van der Waals surface area contributed by atoms with Crippen molar-refractivity contribution in [1.82, 2.24) is 10.0 Å². The molecule has 0 aliphatic rings. The molecule has 5 nitrogen and oxygen atoms in total. The van der Waals surface area contributed by atoms with E-state index < -0.39 is 15.8 Å². The number of carbonyl (C=O) groups is 1. The number of benzene rings is 3. The highest BCUT2D eigenvalue weighted by Gasteiger charge is 2.14. The van der Waals surface area contributed by atoms with E-state index in [1.807, 2.05) is 31.2 Å². The van der Waals surface area contributed by atoms with Gasteiger partial charge < -0.3 is 5.32 Å². The Morgan fingerprint density at radius 3 is 2.39 bits per heavy atom. The second-order valence-electron chi connectivity index (χ2n) is 6.93. The van der Waals surface area contributed by atoms with Crippen molar-refractivity contribution in [2.45, 2.75) is 29.8 Å². The van der Waals surface area contributed by atoms with Gasteiger partial charge in [0.15, 0.2) is 0 Å². The van der Waals surface area contributed by atoms with Crippen molar-refractivity contribution in [3.63, 3.8) is 0 Å². The van der Waals surface area contributed by atoms with E-state index in [2.05, 4.69) is 10.0 Å². The monoisotopic (exact) mass is 458 g/mol. The van der Waals surface area contributed by atoms with Gasteiger partial charge in [-0.25, -0.2) is 17.5 Å². The van der Waals surface area contributed by atoms with Crippen LogP contribution in [-0.2, 0) is 27.9 Å². The van der Waals surface area contributed by atoms with Crippen LogP contribution in [0.25, 0.3) is 0 Å². The molecule has 0 saturated heterocycles. The number of amides is 1. The van der Waals surface area contributed by atoms with Gasteiger partial charge in [0.05, 0.1) is 10.6 Å². The summed E-state index contributed by atoms with van der Waals surface area (Å²) in [4.78, 5) is 13.3. The van der Waals surface area contributed by atoms with Crippen LogP contribution < -0.4 is 10.0 Å². The van der Waals surface area contributed by atoms with Gasteiger partial charge in [-0.2, -0.15) is 0 Å². The fourth-order valence-electron chi connectivity index (χ4n) is 2.84. The van der Waals surface area contributed by atoms with Gasteiger partial charge in [0.2, 0.25) is 15.9 Å². The molecule has 0 heterocycles. The van der Waals surface area contributed by atoms with E-state index in [0.717, 1.165) is 10.5 Å². The first-order valence-electron chi connectivity index (χ1n) is 9.62. The van der Waals surface area contributed by atoms with E-state index in [0.29, 0.717) is 11.1 Å². The Hall–Kier alpha value is -2.68. The lowest BCUT2D eigenvalue weighted by Gasteiger charge is -2.10. The van der Waals surface area contributed by atoms with Crippen LogP contribution in [0, 0.1) is 12.7 Å². The average molecular weight is 459 g/mol. The summed E-state index contributed by atoms with van der Waals surface area (Å²) in [6.07, 6.45) is 0. The first-order chi connectivity index (χ1) is 14.8. The maximum Gasteiger partial charge on any atom is 0.240 e. The van der Waals surface area contributed by atoms with E-state index in [9.17, 15) is 17.6 Å². The summed E-state index contributed by atoms with van der Waals surface area (Å²) in [5.41, 5.74) is 2.31. The van der Waals surface area contributed by atoms with Crippen LogP contribution in [-0.4, -0.2) is 20.1 Å². The Balaban J connectivity index is 1.55. The molecule has 0 unspecified atom stereocenters. The molecule has 1 amide bonds. The van der Waals surface area contributed by atoms with Crippen molar-refractivity contribution < 1.29 is 17.6 Å². The first kappa shape index (κ1) is 23.0. The van der Waals surface area contributed by atoms with Crippen LogP contribution in [0.15, 0.2) is 82.6 Å². The molecule has 0 aliphatic carbocycles. The van der Waals surface area contributed by atoms with E-state index in [-0.39, 0.29) is 29.6 Å². The summed E-state index contributed by atoms with van der Waals surface area (Å²) in [6.45, 7) is 2.20. The van der Waals surface area contributed by atoms with Gasteiger partial charge in [-0.1, -0.05) is 42.5 Å². The lowest BCUT2D eigenvalue weighted by molar-refractivity contribution is -0.118. The van der Waals surface area contributed by atoms with Gasteiger partial charge in [-0.3, -0.25) is 4.79 Å². The SMILES string of the molecule is Cc1ccccc1SCC(=O)NCc1cccc(S(=O)(=O)NCc2cccc(F)c2)c1. The van der Waals surface area contributed by atoms with Crippen molar-refractivity contribution in [2.24, 2.45) is 0 Å². The number of thioether (sulfide) groups is 1. The molecule has 0 saturated carbocycles. The molecule has 0 aromatic heterocycles. The number of hydrogen-bond acceptors (Lipinski definition) is 4. The maximum atomic E-state index is 13.3. The van der Waals surface area contributed by atoms with Gasteiger partial charge in [0, 0.05) is 18.0 Å². The second-order valence-corrected chi connectivity index (χ2v) is 9.72. The summed E-state index contributed by atoms with van der Waals surface area (Å²) < 4.78 is 40.9. The minimum atomic E-state index is -3.77. The highest BCUT2D eigenvalue weighted by atomic mass is 32.2. The van der Waals surface area contributed by atoms with Crippen LogP contribution in [0.2, 0.25) is 0 Å². The van der Waals surface area contributed by atoms with Crippen molar-refractivity contribution in [3.8, 4) is 0 Å². The molecule has 162 valence electrons. The number of halogens is 1. The minimum absolute atomic E-state index is 0.0167. The molecule has 0 spiro atoms. The van der Waals surface area contributed by atoms with E-state index in [1.165, 1.54) is 42.1 Å². The van der Waals surface area contributed by atoms with E-state index in [4.69, 9.17) is 0 Å². The number of rotatable bonds is 9. The largest absolute Gasteiger partial charge is 0.351 e. The van der Waals surface area contributed by atoms with Gasteiger partial charge in [-0.15, -0.1) is 11.8 Å². The van der Waals surface area contributed by atoms with Crippen molar-refractivity contribution in [3.05, 3.63) is 95.3 Å². The van der Waals surface area contributed by atoms with Gasteiger partial charge in [-0.05, 0) is 53.9 Å². The molecular weight excluding hydrogens is 435 g/mol. The predicted octanol–water partition coefficient (Wildman–Crippen LogP) is 4.02. The van der Waals surface area contributed by atoms with E-state index in [1.54, 1.807) is 18.2 Å². The minimum Gasteiger partial charge on any atom is -0.351 e. The zero-order chi connectivity index (χ0) is 22.3. The molecule has 2 N–H and O–H groups in total. The standard InChI is InChI=1S/C23H23FN2O3S2/c1-17-6-2-3-11-22(17)30-16-23(27)25-14-19-8-5-10-21(13-19)31(28,29)26-15-18-7-4-9-20(24)12-18/h2-13,26H,14-16H2,1H3,(H,25,27). The lowest BCUT2D eigenvalue weighted by atomic mass is 10.2. The lowest BCUT2D eigenvalue weighted by Crippen LogP contribution is -2.25. The van der Waals surface area contributed by atoms with Crippen molar-refractivity contribution in [1.29, 1.82) is 0 Å². The van der Waals surface area contributed by atoms with Crippen LogP contribution >= 0.6 is 11.8 Å². The number of sulfonamides is 1. The van der Waals surface area contributed by atoms with Crippen molar-refractivity contribution in [2.75, 3.05) is 5.75 Å². The van der Waals surface area contributed by atoms with Gasteiger partial charge >= 0.3 is 0 Å². The highest BCUT2D eigenvalue weighted by molar-refractivity contribution is 8.00. The third-order valence-electron chi connectivity index (χ3n) is 4.51. The Kier molecular flexibility index (Phi) is 7.84. The molecule has 31 heavy (non-hydrogen) atoms. The molecule has 0 bridgehead atoms. The van der Waals surface area contributed by atoms with Crippen LogP contribution in [0.4, 0.5) is 4.39 Å².